The molecular formula is C16H17ClN4O6S3. The minimum Gasteiger partial charge on any atom is -0.478 e. The van der Waals surface area contributed by atoms with Gasteiger partial charge in [-0.15, -0.1) is 10.2 Å². The summed E-state index contributed by atoms with van der Waals surface area (Å²) in [7, 11) is -2.31. The van der Waals surface area contributed by atoms with Crippen LogP contribution in [0, 0.1) is 0 Å². The maximum atomic E-state index is 12.7. The molecule has 1 aliphatic heterocycles. The van der Waals surface area contributed by atoms with Gasteiger partial charge in [-0.2, -0.15) is 0 Å². The second-order valence-electron chi connectivity index (χ2n) is 6.07. The first-order chi connectivity index (χ1) is 14.2. The summed E-state index contributed by atoms with van der Waals surface area (Å²) in [5, 5.41) is 11.0. The lowest BCUT2D eigenvalue weighted by Crippen LogP contribution is -2.35. The fourth-order valence-electron chi connectivity index (χ4n) is 2.57. The van der Waals surface area contributed by atoms with Crippen LogP contribution in [-0.4, -0.2) is 62.3 Å². The number of benzene rings is 1. The van der Waals surface area contributed by atoms with E-state index in [-0.39, 0.29) is 35.3 Å². The Balaban J connectivity index is 1.72. The van der Waals surface area contributed by atoms with Crippen molar-refractivity contribution in [1.82, 2.24) is 10.2 Å². The van der Waals surface area contributed by atoms with E-state index in [1.165, 1.54) is 19.2 Å². The van der Waals surface area contributed by atoms with Crippen molar-refractivity contribution in [3.05, 3.63) is 23.2 Å². The van der Waals surface area contributed by atoms with Gasteiger partial charge in [-0.1, -0.05) is 34.7 Å². The third-order valence-electron chi connectivity index (χ3n) is 3.92. The molecule has 2 aromatic rings. The second-order valence-corrected chi connectivity index (χ2v) is 10.6. The summed E-state index contributed by atoms with van der Waals surface area (Å²) < 4.78 is 36.4. The molecule has 162 valence electrons. The van der Waals surface area contributed by atoms with Gasteiger partial charge in [0.25, 0.3) is 5.91 Å². The van der Waals surface area contributed by atoms with Gasteiger partial charge in [-0.05, 0) is 18.2 Å². The molecule has 1 aliphatic rings. The highest BCUT2D eigenvalue weighted by Crippen LogP contribution is 2.36. The standard InChI is InChI=1S/C16H17ClN4O6S3/c1-26-13(22)8-28-16-20-19-15(29-16)18-14(23)12-5-6-21(30(2,24)25)10-7-9(17)3-4-11(10)27-12/h3-4,7,12H,5-6,8H2,1-2H3,(H,18,19,23)/t12-/m0/s1. The molecule has 0 aliphatic carbocycles. The minimum absolute atomic E-state index is 0.0423. The van der Waals surface area contributed by atoms with Crippen molar-refractivity contribution in [2.45, 2.75) is 16.9 Å². The van der Waals surface area contributed by atoms with E-state index in [1.54, 1.807) is 6.07 Å². The molecule has 0 saturated carbocycles. The van der Waals surface area contributed by atoms with Crippen molar-refractivity contribution in [2.24, 2.45) is 0 Å². The number of aromatic nitrogens is 2. The fourth-order valence-corrected chi connectivity index (χ4v) is 5.26. The van der Waals surface area contributed by atoms with Crippen LogP contribution < -0.4 is 14.4 Å². The smallest absolute Gasteiger partial charge is 0.316 e. The Morgan fingerprint density at radius 2 is 2.20 bits per heavy atom. The number of hydrogen-bond donors (Lipinski definition) is 1. The summed E-state index contributed by atoms with van der Waals surface area (Å²) in [6, 6.07) is 4.55. The maximum absolute atomic E-state index is 12.7. The molecule has 14 heteroatoms. The number of nitrogens with zero attached hydrogens (tertiary/aromatic N) is 3. The number of esters is 1. The summed E-state index contributed by atoms with van der Waals surface area (Å²) >= 11 is 8.24. The minimum atomic E-state index is -3.60. The van der Waals surface area contributed by atoms with E-state index in [4.69, 9.17) is 16.3 Å². The van der Waals surface area contributed by atoms with E-state index in [1.807, 2.05) is 0 Å². The Morgan fingerprint density at radius 1 is 1.43 bits per heavy atom. The molecule has 30 heavy (non-hydrogen) atoms. The lowest BCUT2D eigenvalue weighted by atomic mass is 10.2. The molecule has 1 aromatic carbocycles. The van der Waals surface area contributed by atoms with Gasteiger partial charge in [0.1, 0.15) is 5.75 Å². The van der Waals surface area contributed by atoms with Gasteiger partial charge >= 0.3 is 5.97 Å². The molecule has 1 N–H and O–H groups in total. The van der Waals surface area contributed by atoms with Crippen LogP contribution in [0.15, 0.2) is 22.5 Å². The van der Waals surface area contributed by atoms with Crippen LogP contribution in [0.4, 0.5) is 10.8 Å². The number of carbonyl (C=O) groups is 2. The van der Waals surface area contributed by atoms with Crippen molar-refractivity contribution in [1.29, 1.82) is 0 Å². The van der Waals surface area contributed by atoms with Crippen molar-refractivity contribution < 1.29 is 27.5 Å². The number of carbonyl (C=O) groups excluding carboxylic acids is 2. The van der Waals surface area contributed by atoms with E-state index >= 15 is 0 Å². The molecule has 0 saturated heterocycles. The first-order valence-corrected chi connectivity index (χ1v) is 12.5. The fraction of sp³-hybridized carbons (Fsp3) is 0.375. The highest BCUT2D eigenvalue weighted by molar-refractivity contribution is 8.01. The summed E-state index contributed by atoms with van der Waals surface area (Å²) in [4.78, 5) is 23.9. The SMILES string of the molecule is COC(=O)CSc1nnc(NC(=O)[C@@H]2CCN(S(C)(=O)=O)c3cc(Cl)ccc3O2)s1. The highest BCUT2D eigenvalue weighted by Gasteiger charge is 2.32. The molecule has 1 amide bonds. The number of amides is 1. The van der Waals surface area contributed by atoms with Crippen LogP contribution in [-0.2, 0) is 24.3 Å². The molecule has 10 nitrogen and oxygen atoms in total. The van der Waals surface area contributed by atoms with E-state index in [9.17, 15) is 18.0 Å². The summed E-state index contributed by atoms with van der Waals surface area (Å²) in [6.07, 6.45) is 0.243. The number of thioether (sulfide) groups is 1. The van der Waals surface area contributed by atoms with Crippen LogP contribution in [0.1, 0.15) is 6.42 Å². The third-order valence-corrected chi connectivity index (χ3v) is 7.28. The predicted octanol–water partition coefficient (Wildman–Crippen LogP) is 2.01. The molecule has 0 bridgehead atoms. The lowest BCUT2D eigenvalue weighted by Gasteiger charge is -2.21. The van der Waals surface area contributed by atoms with Crippen LogP contribution in [0.3, 0.4) is 0 Å². The first kappa shape index (κ1) is 22.6. The zero-order valence-electron chi connectivity index (χ0n) is 15.8. The molecule has 1 aromatic heterocycles. The van der Waals surface area contributed by atoms with E-state index in [2.05, 4.69) is 20.3 Å². The van der Waals surface area contributed by atoms with Crippen molar-refractivity contribution in [3.8, 4) is 5.75 Å². The number of nitrogens with one attached hydrogen (secondary N) is 1. The van der Waals surface area contributed by atoms with Crippen molar-refractivity contribution in [2.75, 3.05) is 35.3 Å². The molecule has 0 unspecified atom stereocenters. The molecule has 0 radical (unpaired) electrons. The number of ether oxygens (including phenoxy) is 2. The van der Waals surface area contributed by atoms with Crippen molar-refractivity contribution in [3.63, 3.8) is 0 Å². The average molecular weight is 493 g/mol. The van der Waals surface area contributed by atoms with Crippen LogP contribution in [0.25, 0.3) is 0 Å². The van der Waals surface area contributed by atoms with Gasteiger partial charge in [0.05, 0.1) is 24.8 Å². The highest BCUT2D eigenvalue weighted by atomic mass is 35.5. The van der Waals surface area contributed by atoms with Gasteiger partial charge in [-0.25, -0.2) is 8.42 Å². The van der Waals surface area contributed by atoms with Gasteiger partial charge in [0.2, 0.25) is 15.2 Å². The summed E-state index contributed by atoms with van der Waals surface area (Å²) in [5.41, 5.74) is 0.276. The third kappa shape index (κ3) is 5.53. The molecule has 2 heterocycles. The van der Waals surface area contributed by atoms with E-state index in [0.717, 1.165) is 33.7 Å². The molecular weight excluding hydrogens is 476 g/mol. The number of hydrogen-bond acceptors (Lipinski definition) is 10. The quantitative estimate of drug-likeness (QED) is 0.365. The van der Waals surface area contributed by atoms with Crippen LogP contribution in [0.2, 0.25) is 5.02 Å². The lowest BCUT2D eigenvalue weighted by molar-refractivity contribution is -0.137. The molecule has 1 atom stereocenters. The molecule has 0 spiro atoms. The number of rotatable bonds is 6. The van der Waals surface area contributed by atoms with Crippen molar-refractivity contribution >= 4 is 67.4 Å². The maximum Gasteiger partial charge on any atom is 0.316 e. The summed E-state index contributed by atoms with van der Waals surface area (Å²) in [6.45, 7) is 0.0423. The first-order valence-electron chi connectivity index (χ1n) is 8.45. The van der Waals surface area contributed by atoms with Gasteiger partial charge in [-0.3, -0.25) is 19.2 Å². The van der Waals surface area contributed by atoms with Gasteiger partial charge in [0, 0.05) is 18.0 Å². The van der Waals surface area contributed by atoms with E-state index in [0.29, 0.717) is 9.36 Å². The number of fused-ring (bicyclic) bond motifs is 1. The normalized spacial score (nSPS) is 16.2. The Hall–Kier alpha value is -2.09. The number of methoxy groups -OCH3 is 1. The zero-order valence-corrected chi connectivity index (χ0v) is 19.0. The number of sulfonamides is 1. The predicted molar refractivity (Wildman–Crippen MR) is 114 cm³/mol. The number of halogens is 1. The van der Waals surface area contributed by atoms with Gasteiger partial charge < -0.3 is 9.47 Å². The second kappa shape index (κ2) is 9.37. The Morgan fingerprint density at radius 3 is 2.90 bits per heavy atom. The monoisotopic (exact) mass is 492 g/mol. The Labute approximate surface area is 185 Å². The number of anilines is 2. The average Bonchev–Trinajstić information content (AvgIpc) is 3.03. The molecule has 3 rings (SSSR count). The zero-order chi connectivity index (χ0) is 21.9. The Kier molecular flexibility index (Phi) is 7.06. The van der Waals surface area contributed by atoms with Crippen LogP contribution in [0.5, 0.6) is 5.75 Å². The molecule has 0 fully saturated rings. The topological polar surface area (TPSA) is 128 Å². The largest absolute Gasteiger partial charge is 0.478 e. The Bertz CT molecular complexity index is 1060. The van der Waals surface area contributed by atoms with E-state index < -0.39 is 28.0 Å². The summed E-state index contributed by atoms with van der Waals surface area (Å²) in [5.74, 6) is -0.589. The van der Waals surface area contributed by atoms with Crippen LogP contribution >= 0.6 is 34.7 Å². The van der Waals surface area contributed by atoms with Gasteiger partial charge in [0.15, 0.2) is 10.4 Å².